The molecule has 0 spiro atoms. The second-order valence-corrected chi connectivity index (χ2v) is 6.47. The smallest absolute Gasteiger partial charge is 0.321 e. The zero-order valence-electron chi connectivity index (χ0n) is 10.5. The van der Waals surface area contributed by atoms with E-state index in [9.17, 15) is 13.2 Å². The summed E-state index contributed by atoms with van der Waals surface area (Å²) in [7, 11) is -4.01. The number of halogens is 1. The van der Waals surface area contributed by atoms with Gasteiger partial charge in [-0.15, -0.1) is 0 Å². The second kappa shape index (κ2) is 6.31. The first-order chi connectivity index (χ1) is 8.74. The molecule has 0 unspecified atom stereocenters. The quantitative estimate of drug-likeness (QED) is 0.777. The molecule has 106 valence electrons. The van der Waals surface area contributed by atoms with Gasteiger partial charge in [0.1, 0.15) is 16.1 Å². The molecule has 1 rings (SSSR count). The zero-order valence-corrected chi connectivity index (χ0v) is 12.1. The molecule has 1 aromatic rings. The van der Waals surface area contributed by atoms with Crippen LogP contribution in [0.15, 0.2) is 23.2 Å². The number of aromatic nitrogens is 1. The summed E-state index contributed by atoms with van der Waals surface area (Å²) in [5.41, 5.74) is 0. The van der Waals surface area contributed by atoms with Crippen molar-refractivity contribution in [3.63, 3.8) is 0 Å². The lowest BCUT2D eigenvalue weighted by atomic mass is 10.1. The minimum absolute atomic E-state index is 0.0353. The first kappa shape index (κ1) is 15.9. The summed E-state index contributed by atoms with van der Waals surface area (Å²) in [5, 5.41) is 8.84. The Morgan fingerprint density at radius 3 is 2.63 bits per heavy atom. The Labute approximate surface area is 116 Å². The molecular weight excluding hydrogens is 292 g/mol. The van der Waals surface area contributed by atoms with Crippen LogP contribution in [0.2, 0.25) is 5.15 Å². The highest BCUT2D eigenvalue weighted by Crippen LogP contribution is 2.18. The highest BCUT2D eigenvalue weighted by molar-refractivity contribution is 7.89. The lowest BCUT2D eigenvalue weighted by molar-refractivity contribution is -0.139. The fourth-order valence-corrected chi connectivity index (χ4v) is 3.15. The van der Waals surface area contributed by atoms with Gasteiger partial charge in [-0.1, -0.05) is 25.4 Å². The third kappa shape index (κ3) is 4.45. The van der Waals surface area contributed by atoms with Crippen molar-refractivity contribution in [2.24, 2.45) is 5.92 Å². The summed E-state index contributed by atoms with van der Waals surface area (Å²) in [6, 6.07) is 1.49. The van der Waals surface area contributed by atoms with Crippen LogP contribution in [-0.4, -0.2) is 30.5 Å². The molecule has 19 heavy (non-hydrogen) atoms. The predicted molar refractivity (Wildman–Crippen MR) is 70.4 cm³/mol. The molecule has 0 aromatic carbocycles. The van der Waals surface area contributed by atoms with Crippen LogP contribution in [0.3, 0.4) is 0 Å². The fraction of sp³-hybridized carbons (Fsp3) is 0.455. The molecule has 6 nitrogen and oxygen atoms in total. The van der Waals surface area contributed by atoms with Crippen molar-refractivity contribution >= 4 is 27.6 Å². The largest absolute Gasteiger partial charge is 0.480 e. The molecule has 2 N–H and O–H groups in total. The van der Waals surface area contributed by atoms with Crippen molar-refractivity contribution in [3.8, 4) is 0 Å². The third-order valence-electron chi connectivity index (χ3n) is 2.32. The Bertz CT molecular complexity index is 560. The molecule has 0 fully saturated rings. The van der Waals surface area contributed by atoms with Crippen molar-refractivity contribution < 1.29 is 18.3 Å². The van der Waals surface area contributed by atoms with Crippen LogP contribution in [-0.2, 0) is 14.8 Å². The maximum Gasteiger partial charge on any atom is 0.321 e. The normalized spacial score (nSPS) is 13.5. The molecule has 0 saturated heterocycles. The van der Waals surface area contributed by atoms with Gasteiger partial charge in [-0.2, -0.15) is 4.72 Å². The molecule has 1 atom stereocenters. The van der Waals surface area contributed by atoms with Crippen molar-refractivity contribution in [2.45, 2.75) is 31.2 Å². The Hall–Kier alpha value is -1.18. The molecule has 0 bridgehead atoms. The van der Waals surface area contributed by atoms with E-state index in [4.69, 9.17) is 16.7 Å². The van der Waals surface area contributed by atoms with Gasteiger partial charge < -0.3 is 5.11 Å². The number of rotatable bonds is 6. The van der Waals surface area contributed by atoms with Crippen LogP contribution in [0.5, 0.6) is 0 Å². The van der Waals surface area contributed by atoms with E-state index in [1.807, 2.05) is 0 Å². The van der Waals surface area contributed by atoms with Crippen molar-refractivity contribution in [3.05, 3.63) is 23.5 Å². The zero-order chi connectivity index (χ0) is 14.6. The number of sulfonamides is 1. The van der Waals surface area contributed by atoms with Gasteiger partial charge in [0.2, 0.25) is 10.0 Å². The molecule has 0 amide bonds. The number of nitrogens with zero attached hydrogens (tertiary/aromatic N) is 1. The summed E-state index contributed by atoms with van der Waals surface area (Å²) in [6.07, 6.45) is 1.54. The number of aliphatic carboxylic acids is 1. The van der Waals surface area contributed by atoms with Crippen LogP contribution in [0.25, 0.3) is 0 Å². The number of carbonyl (C=O) groups is 1. The van der Waals surface area contributed by atoms with Crippen LogP contribution in [0.1, 0.15) is 20.3 Å². The van der Waals surface area contributed by atoms with Gasteiger partial charge in [0.25, 0.3) is 0 Å². The first-order valence-electron chi connectivity index (χ1n) is 5.59. The van der Waals surface area contributed by atoms with Crippen molar-refractivity contribution in [1.29, 1.82) is 0 Å². The molecule has 1 aromatic heterocycles. The minimum atomic E-state index is -4.01. The fourth-order valence-electron chi connectivity index (χ4n) is 1.49. The number of nitrogens with one attached hydrogen (secondary N) is 1. The second-order valence-electron chi connectivity index (χ2n) is 4.43. The topological polar surface area (TPSA) is 96.4 Å². The third-order valence-corrected chi connectivity index (χ3v) is 4.23. The van der Waals surface area contributed by atoms with E-state index in [-0.39, 0.29) is 22.4 Å². The Balaban J connectivity index is 3.01. The summed E-state index contributed by atoms with van der Waals surface area (Å²) in [5.74, 6) is -1.19. The summed E-state index contributed by atoms with van der Waals surface area (Å²) in [4.78, 5) is 14.5. The lowest BCUT2D eigenvalue weighted by Gasteiger charge is -2.16. The van der Waals surface area contributed by atoms with Gasteiger partial charge in [0.15, 0.2) is 0 Å². The Kier molecular flexibility index (Phi) is 5.28. The number of carboxylic acid groups (broad SMARTS) is 1. The van der Waals surface area contributed by atoms with E-state index in [0.29, 0.717) is 0 Å². The standard InChI is InChI=1S/C11H15ClN2O4S/c1-7(2)6-8(11(15)16)14-19(17,18)9-4-3-5-13-10(9)12/h3-5,7-8,14H,6H2,1-2H3,(H,15,16)/t8-/m1/s1. The summed E-state index contributed by atoms with van der Waals surface area (Å²) in [6.45, 7) is 3.61. The van der Waals surface area contributed by atoms with E-state index >= 15 is 0 Å². The van der Waals surface area contributed by atoms with E-state index in [1.54, 1.807) is 13.8 Å². The minimum Gasteiger partial charge on any atom is -0.480 e. The number of pyridine rings is 1. The molecule has 8 heteroatoms. The predicted octanol–water partition coefficient (Wildman–Crippen LogP) is 1.51. The molecule has 0 aliphatic carbocycles. The number of carboxylic acids is 1. The van der Waals surface area contributed by atoms with Gasteiger partial charge in [-0.3, -0.25) is 4.79 Å². The van der Waals surface area contributed by atoms with Crippen LogP contribution < -0.4 is 4.72 Å². The molecule has 1 heterocycles. The van der Waals surface area contributed by atoms with Crippen LogP contribution in [0.4, 0.5) is 0 Å². The number of hydrogen-bond donors (Lipinski definition) is 2. The van der Waals surface area contributed by atoms with Crippen LogP contribution in [0, 0.1) is 5.92 Å². The van der Waals surface area contributed by atoms with Gasteiger partial charge in [-0.25, -0.2) is 13.4 Å². The monoisotopic (exact) mass is 306 g/mol. The van der Waals surface area contributed by atoms with E-state index < -0.39 is 22.0 Å². The van der Waals surface area contributed by atoms with Crippen molar-refractivity contribution in [1.82, 2.24) is 9.71 Å². The van der Waals surface area contributed by atoms with Crippen molar-refractivity contribution in [2.75, 3.05) is 0 Å². The van der Waals surface area contributed by atoms with Gasteiger partial charge >= 0.3 is 5.97 Å². The molecule has 0 aliphatic rings. The Morgan fingerprint density at radius 2 is 2.16 bits per heavy atom. The maximum atomic E-state index is 12.1. The van der Waals surface area contributed by atoms with E-state index in [0.717, 1.165) is 0 Å². The SMILES string of the molecule is CC(C)C[C@@H](NS(=O)(=O)c1cccnc1Cl)C(=O)O. The molecule has 0 aliphatic heterocycles. The first-order valence-corrected chi connectivity index (χ1v) is 7.46. The summed E-state index contributed by atoms with van der Waals surface area (Å²) >= 11 is 5.70. The average molecular weight is 307 g/mol. The highest BCUT2D eigenvalue weighted by Gasteiger charge is 2.27. The van der Waals surface area contributed by atoms with E-state index in [2.05, 4.69) is 9.71 Å². The van der Waals surface area contributed by atoms with Gasteiger partial charge in [0, 0.05) is 6.20 Å². The van der Waals surface area contributed by atoms with Crippen LogP contribution >= 0.6 is 11.6 Å². The molecule has 0 saturated carbocycles. The average Bonchev–Trinajstić information content (AvgIpc) is 2.27. The maximum absolute atomic E-state index is 12.1. The summed E-state index contributed by atoms with van der Waals surface area (Å²) < 4.78 is 26.2. The Morgan fingerprint density at radius 1 is 1.53 bits per heavy atom. The van der Waals surface area contributed by atoms with E-state index in [1.165, 1.54) is 18.3 Å². The lowest BCUT2D eigenvalue weighted by Crippen LogP contribution is -2.41. The highest BCUT2D eigenvalue weighted by atomic mass is 35.5. The van der Waals surface area contributed by atoms with Gasteiger partial charge in [-0.05, 0) is 24.5 Å². The molecule has 0 radical (unpaired) electrons. The number of hydrogen-bond acceptors (Lipinski definition) is 4. The molecular formula is C11H15ClN2O4S. The van der Waals surface area contributed by atoms with Gasteiger partial charge in [0.05, 0.1) is 0 Å².